The lowest BCUT2D eigenvalue weighted by Crippen LogP contribution is -2.59. The van der Waals surface area contributed by atoms with Crippen molar-refractivity contribution < 1.29 is 32.3 Å². The number of nitrogens with one attached hydrogen (secondary N) is 1. The Balaban J connectivity index is 2.88. The van der Waals surface area contributed by atoms with Gasteiger partial charge in [0, 0.05) is 6.54 Å². The minimum atomic E-state index is -5.04. The molecular weight excluding hydrogens is 385 g/mol. The highest BCUT2D eigenvalue weighted by atomic mass is 32.2. The van der Waals surface area contributed by atoms with Gasteiger partial charge in [0.1, 0.15) is 11.6 Å². The van der Waals surface area contributed by atoms with Crippen molar-refractivity contribution in [2.24, 2.45) is 0 Å². The maximum Gasteiger partial charge on any atom is 0.471 e. The first-order valence-electron chi connectivity index (χ1n) is 8.92. The first-order valence-corrected chi connectivity index (χ1v) is 10.3. The number of thioether (sulfide) groups is 1. The number of amides is 2. The van der Waals surface area contributed by atoms with Gasteiger partial charge in [-0.25, -0.2) is 4.79 Å². The lowest BCUT2D eigenvalue weighted by atomic mass is 9.98. The molecule has 0 aromatic carbocycles. The van der Waals surface area contributed by atoms with Gasteiger partial charge in [0.25, 0.3) is 0 Å². The van der Waals surface area contributed by atoms with Crippen LogP contribution in [0.5, 0.6) is 0 Å². The molecule has 0 bridgehead atoms. The number of likely N-dealkylation sites (tertiary alicyclic amines) is 1. The number of carbonyl (C=O) groups excluding carboxylic acids is 3. The van der Waals surface area contributed by atoms with E-state index in [0.717, 1.165) is 6.42 Å². The van der Waals surface area contributed by atoms with Crippen LogP contribution in [0, 0.1) is 0 Å². The van der Waals surface area contributed by atoms with Crippen LogP contribution >= 0.6 is 11.8 Å². The average molecular weight is 412 g/mol. The van der Waals surface area contributed by atoms with Crippen LogP contribution in [-0.4, -0.2) is 65.6 Å². The maximum absolute atomic E-state index is 12.7. The molecule has 0 spiro atoms. The number of carbonyl (C=O) groups is 3. The minimum Gasteiger partial charge on any atom is -0.464 e. The largest absolute Gasteiger partial charge is 0.471 e. The normalized spacial score (nSPS) is 19.5. The number of rotatable bonds is 9. The second-order valence-corrected chi connectivity index (χ2v) is 7.69. The van der Waals surface area contributed by atoms with Crippen molar-refractivity contribution in [3.05, 3.63) is 0 Å². The van der Waals surface area contributed by atoms with Crippen LogP contribution < -0.4 is 5.32 Å². The SMILES string of the molecule is CCCCOC(=O)[C@](C)(CCSC)NC(=O)[C@@H]1CCCN1C(=O)C(F)(F)F. The average Bonchev–Trinajstić information content (AvgIpc) is 3.08. The number of hydrogen-bond acceptors (Lipinski definition) is 5. The Morgan fingerprint density at radius 1 is 1.30 bits per heavy atom. The lowest BCUT2D eigenvalue weighted by molar-refractivity contribution is -0.187. The molecule has 0 aliphatic carbocycles. The van der Waals surface area contributed by atoms with Crippen molar-refractivity contribution >= 4 is 29.5 Å². The summed E-state index contributed by atoms with van der Waals surface area (Å²) < 4.78 is 43.4. The van der Waals surface area contributed by atoms with Gasteiger partial charge in [-0.1, -0.05) is 13.3 Å². The fraction of sp³-hybridized carbons (Fsp3) is 0.824. The van der Waals surface area contributed by atoms with Crippen LogP contribution in [0.2, 0.25) is 0 Å². The standard InChI is InChI=1S/C17H27F3N2O4S/c1-4-5-10-26-15(25)16(2,8-11-27-3)21-13(23)12-7-6-9-22(12)14(24)17(18,19)20/h12H,4-11H2,1-3H3,(H,21,23)/t12-,16-/m0/s1. The number of hydrogen-bond donors (Lipinski definition) is 1. The highest BCUT2D eigenvalue weighted by Gasteiger charge is 2.49. The number of unbranched alkanes of at least 4 members (excludes halogenated alkanes) is 1. The van der Waals surface area contributed by atoms with E-state index in [0.29, 0.717) is 23.5 Å². The third-order valence-corrected chi connectivity index (χ3v) is 5.06. The second kappa shape index (κ2) is 10.2. The zero-order valence-electron chi connectivity index (χ0n) is 15.9. The van der Waals surface area contributed by atoms with Crippen LogP contribution in [-0.2, 0) is 19.1 Å². The van der Waals surface area contributed by atoms with Crippen LogP contribution in [0.15, 0.2) is 0 Å². The molecule has 1 rings (SSSR count). The summed E-state index contributed by atoms with van der Waals surface area (Å²) in [5.74, 6) is -2.86. The number of halogens is 3. The summed E-state index contributed by atoms with van der Waals surface area (Å²) in [6.07, 6.45) is -1.01. The fourth-order valence-electron chi connectivity index (χ4n) is 2.79. The topological polar surface area (TPSA) is 75.7 Å². The molecule has 0 aromatic rings. The van der Waals surface area contributed by atoms with E-state index < -0.39 is 35.5 Å². The van der Waals surface area contributed by atoms with E-state index in [1.54, 1.807) is 0 Å². The molecule has 0 aromatic heterocycles. The highest BCUT2D eigenvalue weighted by Crippen LogP contribution is 2.26. The van der Waals surface area contributed by atoms with Gasteiger partial charge in [-0.3, -0.25) is 9.59 Å². The number of alkyl halides is 3. The Labute approximate surface area is 161 Å². The van der Waals surface area contributed by atoms with Gasteiger partial charge < -0.3 is 15.0 Å². The molecular formula is C17H27F3N2O4S. The molecule has 0 unspecified atom stereocenters. The summed E-state index contributed by atoms with van der Waals surface area (Å²) in [5, 5.41) is 2.55. The van der Waals surface area contributed by atoms with Crippen molar-refractivity contribution in [1.82, 2.24) is 10.2 Å². The molecule has 0 radical (unpaired) electrons. The van der Waals surface area contributed by atoms with Crippen LogP contribution in [0.1, 0.15) is 46.0 Å². The van der Waals surface area contributed by atoms with Gasteiger partial charge in [0.2, 0.25) is 5.91 Å². The van der Waals surface area contributed by atoms with Crippen LogP contribution in [0.3, 0.4) is 0 Å². The Morgan fingerprint density at radius 2 is 1.96 bits per heavy atom. The monoisotopic (exact) mass is 412 g/mol. The minimum absolute atomic E-state index is 0.122. The summed E-state index contributed by atoms with van der Waals surface area (Å²) in [5.41, 5.74) is -1.36. The Bertz CT molecular complexity index is 545. The Morgan fingerprint density at radius 3 is 2.52 bits per heavy atom. The van der Waals surface area contributed by atoms with E-state index in [4.69, 9.17) is 4.74 Å². The van der Waals surface area contributed by atoms with Gasteiger partial charge >= 0.3 is 18.1 Å². The molecule has 6 nitrogen and oxygen atoms in total. The Hall–Kier alpha value is -1.45. The molecule has 2 amide bonds. The van der Waals surface area contributed by atoms with E-state index in [1.165, 1.54) is 18.7 Å². The zero-order chi connectivity index (χ0) is 20.7. The van der Waals surface area contributed by atoms with E-state index in [1.807, 2.05) is 13.2 Å². The predicted octanol–water partition coefficient (Wildman–Crippen LogP) is 2.51. The molecule has 1 aliphatic rings. The van der Waals surface area contributed by atoms with Crippen molar-refractivity contribution in [1.29, 1.82) is 0 Å². The molecule has 27 heavy (non-hydrogen) atoms. The summed E-state index contributed by atoms with van der Waals surface area (Å²) in [7, 11) is 0. The summed E-state index contributed by atoms with van der Waals surface area (Å²) in [4.78, 5) is 37.2. The molecule has 1 N–H and O–H groups in total. The molecule has 1 heterocycles. The lowest BCUT2D eigenvalue weighted by Gasteiger charge is -2.32. The maximum atomic E-state index is 12.7. The van der Waals surface area contributed by atoms with Crippen molar-refractivity contribution in [3.63, 3.8) is 0 Å². The summed E-state index contributed by atoms with van der Waals surface area (Å²) in [6, 6.07) is -1.24. The highest BCUT2D eigenvalue weighted by molar-refractivity contribution is 7.98. The van der Waals surface area contributed by atoms with E-state index in [9.17, 15) is 27.6 Å². The van der Waals surface area contributed by atoms with Gasteiger partial charge in [0.15, 0.2) is 0 Å². The van der Waals surface area contributed by atoms with Crippen molar-refractivity contribution in [3.8, 4) is 0 Å². The predicted molar refractivity (Wildman–Crippen MR) is 96.2 cm³/mol. The fourth-order valence-corrected chi connectivity index (χ4v) is 3.40. The molecule has 10 heteroatoms. The molecule has 1 saturated heterocycles. The first kappa shape index (κ1) is 23.6. The third kappa shape index (κ3) is 6.58. The van der Waals surface area contributed by atoms with E-state index in [-0.39, 0.29) is 26.0 Å². The van der Waals surface area contributed by atoms with Gasteiger partial charge in [-0.05, 0) is 44.6 Å². The summed E-state index contributed by atoms with van der Waals surface area (Å²) >= 11 is 1.47. The molecule has 1 aliphatic heterocycles. The molecule has 0 saturated carbocycles. The second-order valence-electron chi connectivity index (χ2n) is 6.71. The Kier molecular flexibility index (Phi) is 8.90. The quantitative estimate of drug-likeness (QED) is 0.465. The third-order valence-electron chi connectivity index (χ3n) is 4.45. The van der Waals surface area contributed by atoms with Crippen LogP contribution in [0.4, 0.5) is 13.2 Å². The van der Waals surface area contributed by atoms with Gasteiger partial charge in [-0.2, -0.15) is 24.9 Å². The number of esters is 1. The van der Waals surface area contributed by atoms with Gasteiger partial charge in [-0.15, -0.1) is 0 Å². The van der Waals surface area contributed by atoms with Gasteiger partial charge in [0.05, 0.1) is 6.61 Å². The smallest absolute Gasteiger partial charge is 0.464 e. The summed E-state index contributed by atoms with van der Waals surface area (Å²) in [6.45, 7) is 3.51. The van der Waals surface area contributed by atoms with Crippen molar-refractivity contribution in [2.45, 2.75) is 63.7 Å². The van der Waals surface area contributed by atoms with Crippen molar-refractivity contribution in [2.75, 3.05) is 25.2 Å². The molecule has 156 valence electrons. The first-order chi connectivity index (χ1) is 12.6. The number of nitrogens with zero attached hydrogens (tertiary/aromatic N) is 1. The number of ether oxygens (including phenoxy) is 1. The zero-order valence-corrected chi connectivity index (χ0v) is 16.7. The van der Waals surface area contributed by atoms with Crippen LogP contribution in [0.25, 0.3) is 0 Å². The van der Waals surface area contributed by atoms with E-state index >= 15 is 0 Å². The van der Waals surface area contributed by atoms with E-state index in [2.05, 4.69) is 5.32 Å². The molecule has 1 fully saturated rings. The molecule has 2 atom stereocenters.